The zero-order chi connectivity index (χ0) is 22.0. The first kappa shape index (κ1) is 22.9. The van der Waals surface area contributed by atoms with E-state index >= 15 is 0 Å². The molecule has 0 aromatic heterocycles. The van der Waals surface area contributed by atoms with Crippen LogP contribution in [0, 0.1) is 7.14 Å². The van der Waals surface area contributed by atoms with Crippen LogP contribution >= 0.6 is 57.4 Å². The molecular weight excluding hydrogens is 630 g/mol. The molecule has 0 unspecified atom stereocenters. The SMILES string of the molecule is COc1cc(C=C2C(=O)N(C)C(=S)N(C)C2=O)cc(I)c1OCc1ccc(I)cc1. The Morgan fingerprint density at radius 1 is 1.03 bits per heavy atom. The van der Waals surface area contributed by atoms with Crippen LogP contribution in [-0.2, 0) is 16.2 Å². The molecule has 0 radical (unpaired) electrons. The van der Waals surface area contributed by atoms with Crippen molar-refractivity contribution >= 4 is 80.4 Å². The lowest BCUT2D eigenvalue weighted by Gasteiger charge is -2.31. The molecule has 30 heavy (non-hydrogen) atoms. The third-order valence-corrected chi connectivity index (χ3v) is 6.57. The molecule has 2 aromatic rings. The summed E-state index contributed by atoms with van der Waals surface area (Å²) < 4.78 is 13.5. The van der Waals surface area contributed by atoms with Gasteiger partial charge >= 0.3 is 0 Å². The summed E-state index contributed by atoms with van der Waals surface area (Å²) in [6.45, 7) is 0.397. The quantitative estimate of drug-likeness (QED) is 0.212. The number of likely N-dealkylation sites (N-methyl/N-ethyl adjacent to an activating group) is 2. The Balaban J connectivity index is 1.90. The minimum absolute atomic E-state index is 0.0407. The number of methoxy groups -OCH3 is 1. The van der Waals surface area contributed by atoms with Crippen molar-refractivity contribution < 1.29 is 19.1 Å². The number of hydrogen-bond donors (Lipinski definition) is 0. The molecule has 0 saturated carbocycles. The van der Waals surface area contributed by atoms with Gasteiger partial charge < -0.3 is 9.47 Å². The minimum atomic E-state index is -0.434. The molecule has 9 heteroatoms. The topological polar surface area (TPSA) is 59.1 Å². The number of hydrogen-bond acceptors (Lipinski definition) is 5. The molecule has 0 bridgehead atoms. The zero-order valence-corrected chi connectivity index (χ0v) is 21.6. The molecule has 2 aromatic carbocycles. The van der Waals surface area contributed by atoms with Crippen LogP contribution in [0.15, 0.2) is 42.0 Å². The average Bonchev–Trinajstić information content (AvgIpc) is 2.74. The number of carbonyl (C=O) groups excluding carboxylic acids is 2. The van der Waals surface area contributed by atoms with Crippen LogP contribution in [0.25, 0.3) is 6.08 Å². The molecule has 3 rings (SSSR count). The third-order valence-electron chi connectivity index (χ3n) is 4.50. The van der Waals surface area contributed by atoms with E-state index in [4.69, 9.17) is 21.7 Å². The van der Waals surface area contributed by atoms with Crippen LogP contribution in [0.5, 0.6) is 11.5 Å². The van der Waals surface area contributed by atoms with Crippen molar-refractivity contribution in [1.82, 2.24) is 9.80 Å². The normalized spacial score (nSPS) is 14.3. The van der Waals surface area contributed by atoms with Crippen LogP contribution in [0.4, 0.5) is 0 Å². The van der Waals surface area contributed by atoms with Gasteiger partial charge in [-0.25, -0.2) is 0 Å². The standard InChI is InChI=1S/C21H18I2N2O4S/c1-24-19(26)15(20(27)25(2)21(24)30)8-13-9-16(23)18(17(10-13)28-3)29-11-12-4-6-14(22)7-5-12/h4-10H,11H2,1-3H3. The van der Waals surface area contributed by atoms with E-state index in [9.17, 15) is 9.59 Å². The monoisotopic (exact) mass is 648 g/mol. The number of amides is 2. The Morgan fingerprint density at radius 3 is 2.20 bits per heavy atom. The summed E-state index contributed by atoms with van der Waals surface area (Å²) in [7, 11) is 4.65. The van der Waals surface area contributed by atoms with Crippen LogP contribution < -0.4 is 9.47 Å². The molecule has 1 heterocycles. The molecule has 1 aliphatic rings. The highest BCUT2D eigenvalue weighted by atomic mass is 127. The highest BCUT2D eigenvalue weighted by molar-refractivity contribution is 14.1. The molecule has 0 spiro atoms. The maximum Gasteiger partial charge on any atom is 0.265 e. The second-order valence-corrected chi connectivity index (χ2v) is 9.29. The number of benzene rings is 2. The summed E-state index contributed by atoms with van der Waals surface area (Å²) in [6, 6.07) is 11.7. The number of halogens is 2. The zero-order valence-electron chi connectivity index (χ0n) is 16.4. The van der Waals surface area contributed by atoms with Gasteiger partial charge in [0.05, 0.1) is 10.7 Å². The fourth-order valence-corrected chi connectivity index (χ4v) is 4.15. The van der Waals surface area contributed by atoms with Crippen molar-refractivity contribution in [2.45, 2.75) is 6.61 Å². The molecule has 6 nitrogen and oxygen atoms in total. The second-order valence-electron chi connectivity index (χ2n) is 6.52. The summed E-state index contributed by atoms with van der Waals surface area (Å²) >= 11 is 9.53. The van der Waals surface area contributed by atoms with E-state index in [1.54, 1.807) is 33.3 Å². The van der Waals surface area contributed by atoms with Gasteiger partial charge in [0, 0.05) is 17.7 Å². The maximum absolute atomic E-state index is 12.5. The van der Waals surface area contributed by atoms with Crippen molar-refractivity contribution in [1.29, 1.82) is 0 Å². The van der Waals surface area contributed by atoms with Crippen molar-refractivity contribution in [3.05, 3.63) is 60.2 Å². The van der Waals surface area contributed by atoms with Gasteiger partial charge in [-0.3, -0.25) is 19.4 Å². The predicted octanol–water partition coefficient (Wildman–Crippen LogP) is 4.08. The van der Waals surface area contributed by atoms with E-state index in [1.165, 1.54) is 9.80 Å². The summed E-state index contributed by atoms with van der Waals surface area (Å²) in [5.41, 5.74) is 1.74. The highest BCUT2D eigenvalue weighted by Gasteiger charge is 2.35. The molecule has 0 aliphatic carbocycles. The molecule has 1 fully saturated rings. The Kier molecular flexibility index (Phi) is 7.34. The van der Waals surface area contributed by atoms with E-state index in [-0.39, 0.29) is 10.7 Å². The lowest BCUT2D eigenvalue weighted by atomic mass is 10.1. The summed E-state index contributed by atoms with van der Waals surface area (Å²) in [6.07, 6.45) is 1.55. The Labute approximate surface area is 207 Å². The van der Waals surface area contributed by atoms with Crippen LogP contribution in [0.3, 0.4) is 0 Å². The van der Waals surface area contributed by atoms with Gasteiger partial charge in [-0.15, -0.1) is 0 Å². The number of nitrogens with zero attached hydrogens (tertiary/aromatic N) is 2. The van der Waals surface area contributed by atoms with Gasteiger partial charge in [0.25, 0.3) is 11.8 Å². The Hall–Kier alpha value is -1.73. The van der Waals surface area contributed by atoms with Gasteiger partial charge in [-0.1, -0.05) is 12.1 Å². The van der Waals surface area contributed by atoms with Gasteiger partial charge in [0.2, 0.25) is 0 Å². The lowest BCUT2D eigenvalue weighted by Crippen LogP contribution is -2.52. The highest BCUT2D eigenvalue weighted by Crippen LogP contribution is 2.35. The largest absolute Gasteiger partial charge is 0.493 e. The van der Waals surface area contributed by atoms with E-state index < -0.39 is 11.8 Å². The number of carbonyl (C=O) groups is 2. The first-order valence-corrected chi connectivity index (χ1v) is 11.4. The minimum Gasteiger partial charge on any atom is -0.493 e. The van der Waals surface area contributed by atoms with E-state index in [0.29, 0.717) is 23.7 Å². The Bertz CT molecular complexity index is 1030. The Morgan fingerprint density at radius 2 is 1.63 bits per heavy atom. The molecular formula is C21H18I2N2O4S. The average molecular weight is 648 g/mol. The second kappa shape index (κ2) is 9.60. The predicted molar refractivity (Wildman–Crippen MR) is 135 cm³/mol. The molecule has 2 amide bonds. The molecule has 1 aliphatic heterocycles. The fourth-order valence-electron chi connectivity index (χ4n) is 2.84. The summed E-state index contributed by atoms with van der Waals surface area (Å²) in [5.74, 6) is 0.259. The number of ether oxygens (including phenoxy) is 2. The first-order valence-electron chi connectivity index (χ1n) is 8.79. The van der Waals surface area contributed by atoms with Crippen LogP contribution in [0.2, 0.25) is 0 Å². The molecule has 1 saturated heterocycles. The summed E-state index contributed by atoms with van der Waals surface area (Å²) in [5, 5.41) is 0.175. The maximum atomic E-state index is 12.5. The van der Waals surface area contributed by atoms with E-state index in [2.05, 4.69) is 45.2 Å². The van der Waals surface area contributed by atoms with Crippen molar-refractivity contribution in [2.75, 3.05) is 21.2 Å². The van der Waals surface area contributed by atoms with Crippen molar-refractivity contribution in [2.24, 2.45) is 0 Å². The van der Waals surface area contributed by atoms with Gasteiger partial charge in [-0.2, -0.15) is 0 Å². The fraction of sp³-hybridized carbons (Fsp3) is 0.190. The molecule has 0 atom stereocenters. The van der Waals surface area contributed by atoms with Gasteiger partial charge in [0.1, 0.15) is 12.2 Å². The number of thiocarbonyl (C=S) groups is 1. The first-order chi connectivity index (χ1) is 14.2. The van der Waals surface area contributed by atoms with Gasteiger partial charge in [-0.05, 0) is 98.9 Å². The molecule has 156 valence electrons. The van der Waals surface area contributed by atoms with Gasteiger partial charge in [0.15, 0.2) is 16.6 Å². The molecule has 0 N–H and O–H groups in total. The lowest BCUT2D eigenvalue weighted by molar-refractivity contribution is -0.132. The van der Waals surface area contributed by atoms with Crippen LogP contribution in [0.1, 0.15) is 11.1 Å². The smallest absolute Gasteiger partial charge is 0.265 e. The van der Waals surface area contributed by atoms with Crippen LogP contribution in [-0.4, -0.2) is 47.9 Å². The third kappa shape index (κ3) is 4.78. The van der Waals surface area contributed by atoms with Crippen molar-refractivity contribution in [3.8, 4) is 11.5 Å². The van der Waals surface area contributed by atoms with Crippen molar-refractivity contribution in [3.63, 3.8) is 0 Å². The summed E-state index contributed by atoms with van der Waals surface area (Å²) in [4.78, 5) is 27.7. The number of rotatable bonds is 5. The van der Waals surface area contributed by atoms with E-state index in [1.807, 2.05) is 30.3 Å². The van der Waals surface area contributed by atoms with E-state index in [0.717, 1.165) is 12.7 Å².